The van der Waals surface area contributed by atoms with Crippen LogP contribution in [0.3, 0.4) is 0 Å². The number of carbonyl (C=O) groups excluding carboxylic acids is 1. The number of H-pyrrole nitrogens is 1. The number of hydrogen-bond acceptors (Lipinski definition) is 4. The molecular formula is C17H23N5O. The van der Waals surface area contributed by atoms with Crippen molar-refractivity contribution in [1.82, 2.24) is 25.1 Å². The van der Waals surface area contributed by atoms with Gasteiger partial charge in [0.15, 0.2) is 0 Å². The van der Waals surface area contributed by atoms with Gasteiger partial charge in [-0.05, 0) is 44.7 Å². The molecule has 0 aromatic carbocycles. The van der Waals surface area contributed by atoms with E-state index in [4.69, 9.17) is 4.98 Å². The molecule has 3 heterocycles. The first-order chi connectivity index (χ1) is 11.0. The Morgan fingerprint density at radius 2 is 1.96 bits per heavy atom. The number of amides is 1. The van der Waals surface area contributed by atoms with Crippen LogP contribution < -0.4 is 0 Å². The van der Waals surface area contributed by atoms with Gasteiger partial charge in [-0.15, -0.1) is 0 Å². The van der Waals surface area contributed by atoms with Crippen LogP contribution in [0, 0.1) is 19.8 Å². The molecule has 1 N–H and O–H groups in total. The van der Waals surface area contributed by atoms with Crippen LogP contribution in [-0.2, 0) is 11.2 Å². The highest BCUT2D eigenvalue weighted by molar-refractivity contribution is 5.73. The normalized spacial score (nSPS) is 15.9. The topological polar surface area (TPSA) is 74.8 Å². The van der Waals surface area contributed by atoms with Crippen LogP contribution in [0.25, 0.3) is 11.4 Å². The molecular weight excluding hydrogens is 290 g/mol. The zero-order valence-corrected chi connectivity index (χ0v) is 14.0. The number of rotatable bonds is 3. The quantitative estimate of drug-likeness (QED) is 0.943. The summed E-state index contributed by atoms with van der Waals surface area (Å²) in [6.45, 7) is 7.30. The van der Waals surface area contributed by atoms with Gasteiger partial charge in [-0.3, -0.25) is 9.89 Å². The van der Waals surface area contributed by atoms with E-state index >= 15 is 0 Å². The van der Waals surface area contributed by atoms with Gasteiger partial charge in [0.25, 0.3) is 0 Å². The van der Waals surface area contributed by atoms with Crippen LogP contribution in [0.4, 0.5) is 0 Å². The molecule has 122 valence electrons. The largest absolute Gasteiger partial charge is 0.343 e. The lowest BCUT2D eigenvalue weighted by atomic mass is 9.93. The minimum atomic E-state index is 0.173. The summed E-state index contributed by atoms with van der Waals surface area (Å²) in [5, 5.41) is 7.24. The SMILES string of the molecule is CC(=O)N1CCC(Cc2nc(C)cc(-c3cc(C)[nH]n3)n2)CC1. The molecule has 0 bridgehead atoms. The molecule has 0 aliphatic carbocycles. The van der Waals surface area contributed by atoms with Crippen LogP contribution in [0.15, 0.2) is 12.1 Å². The molecule has 0 radical (unpaired) electrons. The molecule has 1 aliphatic heterocycles. The molecule has 3 rings (SSSR count). The molecule has 0 unspecified atom stereocenters. The smallest absolute Gasteiger partial charge is 0.219 e. The van der Waals surface area contributed by atoms with Crippen molar-refractivity contribution in [3.63, 3.8) is 0 Å². The number of aryl methyl sites for hydroxylation is 2. The lowest BCUT2D eigenvalue weighted by Crippen LogP contribution is -2.37. The third kappa shape index (κ3) is 3.75. The van der Waals surface area contributed by atoms with Crippen molar-refractivity contribution in [2.24, 2.45) is 5.92 Å². The van der Waals surface area contributed by atoms with Crippen molar-refractivity contribution in [3.05, 3.63) is 29.3 Å². The van der Waals surface area contributed by atoms with Crippen molar-refractivity contribution in [2.75, 3.05) is 13.1 Å². The molecule has 1 saturated heterocycles. The molecule has 1 aliphatic rings. The van der Waals surface area contributed by atoms with Crippen molar-refractivity contribution in [3.8, 4) is 11.4 Å². The summed E-state index contributed by atoms with van der Waals surface area (Å²) >= 11 is 0. The summed E-state index contributed by atoms with van der Waals surface area (Å²) in [7, 11) is 0. The number of carbonyl (C=O) groups is 1. The van der Waals surface area contributed by atoms with Crippen molar-refractivity contribution >= 4 is 5.91 Å². The summed E-state index contributed by atoms with van der Waals surface area (Å²) in [6.07, 6.45) is 2.91. The van der Waals surface area contributed by atoms with Crippen LogP contribution in [0.5, 0.6) is 0 Å². The molecule has 6 nitrogen and oxygen atoms in total. The van der Waals surface area contributed by atoms with Gasteiger partial charge in [-0.2, -0.15) is 5.10 Å². The molecule has 1 amide bonds. The van der Waals surface area contributed by atoms with E-state index in [1.807, 2.05) is 30.9 Å². The maximum absolute atomic E-state index is 11.4. The number of likely N-dealkylation sites (tertiary alicyclic amines) is 1. The predicted molar refractivity (Wildman–Crippen MR) is 87.8 cm³/mol. The van der Waals surface area contributed by atoms with Gasteiger partial charge < -0.3 is 4.90 Å². The summed E-state index contributed by atoms with van der Waals surface area (Å²) in [5.74, 6) is 1.59. The molecule has 0 spiro atoms. The van der Waals surface area contributed by atoms with Gasteiger partial charge in [-0.25, -0.2) is 9.97 Å². The van der Waals surface area contributed by atoms with E-state index in [2.05, 4.69) is 15.2 Å². The van der Waals surface area contributed by atoms with Crippen LogP contribution in [0.2, 0.25) is 0 Å². The van der Waals surface area contributed by atoms with Crippen molar-refractivity contribution in [2.45, 2.75) is 40.0 Å². The lowest BCUT2D eigenvalue weighted by Gasteiger charge is -2.31. The summed E-state index contributed by atoms with van der Waals surface area (Å²) in [5.41, 5.74) is 3.72. The first-order valence-corrected chi connectivity index (χ1v) is 8.13. The summed E-state index contributed by atoms with van der Waals surface area (Å²) in [6, 6.07) is 3.97. The monoisotopic (exact) mass is 313 g/mol. The first-order valence-electron chi connectivity index (χ1n) is 8.13. The summed E-state index contributed by atoms with van der Waals surface area (Å²) in [4.78, 5) is 22.6. The number of aromatic nitrogens is 4. The first kappa shape index (κ1) is 15.6. The van der Waals surface area contributed by atoms with Gasteiger partial charge in [0.05, 0.1) is 5.69 Å². The average molecular weight is 313 g/mol. The van der Waals surface area contributed by atoms with E-state index in [1.165, 1.54) is 0 Å². The van der Waals surface area contributed by atoms with Gasteiger partial charge in [0, 0.05) is 37.8 Å². The number of aromatic amines is 1. The number of hydrogen-bond donors (Lipinski definition) is 1. The molecule has 2 aromatic rings. The Morgan fingerprint density at radius 3 is 2.57 bits per heavy atom. The Morgan fingerprint density at radius 1 is 1.22 bits per heavy atom. The lowest BCUT2D eigenvalue weighted by molar-refractivity contribution is -0.130. The second-order valence-electron chi connectivity index (χ2n) is 6.40. The number of piperidine rings is 1. The molecule has 23 heavy (non-hydrogen) atoms. The van der Waals surface area contributed by atoms with Gasteiger partial charge >= 0.3 is 0 Å². The minimum absolute atomic E-state index is 0.173. The highest BCUT2D eigenvalue weighted by atomic mass is 16.2. The highest BCUT2D eigenvalue weighted by Crippen LogP contribution is 2.22. The minimum Gasteiger partial charge on any atom is -0.343 e. The predicted octanol–water partition coefficient (Wildman–Crippen LogP) is 2.28. The van der Waals surface area contributed by atoms with Crippen molar-refractivity contribution in [1.29, 1.82) is 0 Å². The van der Waals surface area contributed by atoms with Crippen LogP contribution >= 0.6 is 0 Å². The van der Waals surface area contributed by atoms with E-state index < -0.39 is 0 Å². The fourth-order valence-corrected chi connectivity index (χ4v) is 3.11. The summed E-state index contributed by atoms with van der Waals surface area (Å²) < 4.78 is 0. The van der Waals surface area contributed by atoms with Gasteiger partial charge in [-0.1, -0.05) is 0 Å². The Balaban J connectivity index is 1.71. The number of nitrogens with zero attached hydrogens (tertiary/aromatic N) is 4. The third-order valence-electron chi connectivity index (χ3n) is 4.40. The van der Waals surface area contributed by atoms with Gasteiger partial charge in [0.2, 0.25) is 5.91 Å². The van der Waals surface area contributed by atoms with E-state index in [1.54, 1.807) is 6.92 Å². The second-order valence-corrected chi connectivity index (χ2v) is 6.40. The van der Waals surface area contributed by atoms with E-state index in [-0.39, 0.29) is 5.91 Å². The van der Waals surface area contributed by atoms with Gasteiger partial charge in [0.1, 0.15) is 11.5 Å². The number of nitrogens with one attached hydrogen (secondary N) is 1. The Labute approximate surface area is 136 Å². The third-order valence-corrected chi connectivity index (χ3v) is 4.40. The van der Waals surface area contributed by atoms with Crippen molar-refractivity contribution < 1.29 is 4.79 Å². The second kappa shape index (κ2) is 6.48. The molecule has 0 atom stereocenters. The van der Waals surface area contributed by atoms with E-state index in [0.29, 0.717) is 5.92 Å². The fourth-order valence-electron chi connectivity index (χ4n) is 3.11. The zero-order chi connectivity index (χ0) is 16.4. The maximum atomic E-state index is 11.4. The standard InChI is InChI=1S/C17H23N5O/c1-11-8-15(16-9-12(2)20-21-16)19-17(18-11)10-14-4-6-22(7-5-14)13(3)23/h8-9,14H,4-7,10H2,1-3H3,(H,20,21). The maximum Gasteiger partial charge on any atom is 0.219 e. The Kier molecular flexibility index (Phi) is 4.41. The molecule has 2 aromatic heterocycles. The van der Waals surface area contributed by atoms with Crippen LogP contribution in [-0.4, -0.2) is 44.1 Å². The van der Waals surface area contributed by atoms with E-state index in [0.717, 1.165) is 61.0 Å². The molecule has 0 saturated carbocycles. The Bertz CT molecular complexity index is 701. The Hall–Kier alpha value is -2.24. The zero-order valence-electron chi connectivity index (χ0n) is 14.0. The van der Waals surface area contributed by atoms with E-state index in [9.17, 15) is 4.79 Å². The highest BCUT2D eigenvalue weighted by Gasteiger charge is 2.22. The van der Waals surface area contributed by atoms with Crippen LogP contribution in [0.1, 0.15) is 37.0 Å². The fraction of sp³-hybridized carbons (Fsp3) is 0.529. The average Bonchev–Trinajstić information content (AvgIpc) is 2.94. The molecule has 1 fully saturated rings. The molecule has 6 heteroatoms.